The van der Waals surface area contributed by atoms with Crippen LogP contribution in [0.2, 0.25) is 5.02 Å². The molecule has 1 amide bonds. The topological polar surface area (TPSA) is 80.5 Å². The van der Waals surface area contributed by atoms with Gasteiger partial charge in [-0.1, -0.05) is 22.9 Å². The van der Waals surface area contributed by atoms with Crippen LogP contribution in [0.1, 0.15) is 16.1 Å². The zero-order chi connectivity index (χ0) is 20.6. The number of benzene rings is 2. The number of thiazole rings is 1. The summed E-state index contributed by atoms with van der Waals surface area (Å²) in [4.78, 5) is 19.5. The molecule has 0 aliphatic carbocycles. The van der Waals surface area contributed by atoms with Crippen LogP contribution in [0.15, 0.2) is 70.2 Å². The molecule has 148 valence electrons. The molecule has 0 bridgehead atoms. The summed E-state index contributed by atoms with van der Waals surface area (Å²) in [7, 11) is -3.34. The van der Waals surface area contributed by atoms with Gasteiger partial charge in [0.1, 0.15) is 5.76 Å². The van der Waals surface area contributed by atoms with Gasteiger partial charge in [0.05, 0.1) is 27.9 Å². The zero-order valence-corrected chi connectivity index (χ0v) is 17.6. The van der Waals surface area contributed by atoms with Crippen molar-refractivity contribution in [1.29, 1.82) is 0 Å². The third kappa shape index (κ3) is 4.19. The Bertz CT molecular complexity index is 1280. The van der Waals surface area contributed by atoms with Gasteiger partial charge in [0.15, 0.2) is 15.0 Å². The number of furan rings is 1. The van der Waals surface area contributed by atoms with Crippen LogP contribution in [-0.4, -0.2) is 25.6 Å². The molecule has 0 aliphatic rings. The van der Waals surface area contributed by atoms with Crippen LogP contribution in [0.3, 0.4) is 0 Å². The lowest BCUT2D eigenvalue weighted by Crippen LogP contribution is -2.30. The quantitative estimate of drug-likeness (QED) is 0.440. The Morgan fingerprint density at radius 2 is 1.93 bits per heavy atom. The minimum Gasteiger partial charge on any atom is -0.467 e. The summed E-state index contributed by atoms with van der Waals surface area (Å²) in [5.74, 6) is 0.337. The number of amides is 1. The molecule has 0 aliphatic heterocycles. The lowest BCUT2D eigenvalue weighted by atomic mass is 10.2. The smallest absolute Gasteiger partial charge is 0.260 e. The SMILES string of the molecule is CS(=O)(=O)c1ccc2nc(N(Cc3ccco3)C(=O)c3ccc(Cl)cc3)sc2c1. The number of rotatable bonds is 5. The average molecular weight is 447 g/mol. The molecule has 0 atom stereocenters. The van der Waals surface area contributed by atoms with E-state index in [0.29, 0.717) is 31.7 Å². The Kier molecular flexibility index (Phi) is 5.16. The van der Waals surface area contributed by atoms with Crippen molar-refractivity contribution in [3.8, 4) is 0 Å². The third-order valence-corrected chi connectivity index (χ3v) is 6.64. The summed E-state index contributed by atoms with van der Waals surface area (Å²) in [6, 6.07) is 14.8. The van der Waals surface area contributed by atoms with Crippen LogP contribution < -0.4 is 4.90 Å². The second-order valence-electron chi connectivity index (χ2n) is 6.38. The van der Waals surface area contributed by atoms with Gasteiger partial charge in [0, 0.05) is 16.8 Å². The number of aromatic nitrogens is 1. The van der Waals surface area contributed by atoms with Crippen molar-refractivity contribution >= 4 is 54.0 Å². The highest BCUT2D eigenvalue weighted by molar-refractivity contribution is 7.90. The molecule has 29 heavy (non-hydrogen) atoms. The summed E-state index contributed by atoms with van der Waals surface area (Å²) in [6.45, 7) is 0.188. The Morgan fingerprint density at radius 3 is 2.59 bits per heavy atom. The molecule has 4 rings (SSSR count). The fourth-order valence-corrected chi connectivity index (χ4v) is 4.62. The Hall–Kier alpha value is -2.68. The first kappa shape index (κ1) is 19.6. The predicted octanol–water partition coefficient (Wildman–Crippen LogP) is 4.79. The van der Waals surface area contributed by atoms with E-state index in [0.717, 1.165) is 6.26 Å². The number of halogens is 1. The van der Waals surface area contributed by atoms with Gasteiger partial charge in [-0.3, -0.25) is 9.69 Å². The van der Waals surface area contributed by atoms with E-state index in [-0.39, 0.29) is 17.3 Å². The van der Waals surface area contributed by atoms with Gasteiger partial charge in [-0.25, -0.2) is 13.4 Å². The summed E-state index contributed by atoms with van der Waals surface area (Å²) < 4.78 is 29.8. The van der Waals surface area contributed by atoms with Crippen molar-refractivity contribution < 1.29 is 17.6 Å². The second-order valence-corrected chi connectivity index (χ2v) is 9.84. The molecule has 0 saturated carbocycles. The zero-order valence-electron chi connectivity index (χ0n) is 15.2. The standard InChI is InChI=1S/C20H15ClN2O4S2/c1-29(25,26)16-8-9-17-18(11-16)28-20(22-17)23(12-15-3-2-10-27-15)19(24)13-4-6-14(21)7-5-13/h2-11H,12H2,1H3. The van der Waals surface area contributed by atoms with E-state index in [1.807, 2.05) is 0 Å². The van der Waals surface area contributed by atoms with Gasteiger partial charge in [-0.2, -0.15) is 0 Å². The molecule has 2 aromatic heterocycles. The summed E-state index contributed by atoms with van der Waals surface area (Å²) in [5, 5.41) is 0.981. The Labute approximate surface area is 176 Å². The first-order chi connectivity index (χ1) is 13.8. The van der Waals surface area contributed by atoms with Gasteiger partial charge in [0.2, 0.25) is 0 Å². The van der Waals surface area contributed by atoms with Gasteiger partial charge >= 0.3 is 0 Å². The Balaban J connectivity index is 1.77. The number of carbonyl (C=O) groups excluding carboxylic acids is 1. The van der Waals surface area contributed by atoms with E-state index in [4.69, 9.17) is 16.0 Å². The highest BCUT2D eigenvalue weighted by atomic mass is 35.5. The number of carbonyl (C=O) groups is 1. The van der Waals surface area contributed by atoms with Gasteiger partial charge < -0.3 is 4.42 Å². The maximum absolute atomic E-state index is 13.2. The molecule has 2 heterocycles. The fourth-order valence-electron chi connectivity index (χ4n) is 2.77. The van der Waals surface area contributed by atoms with E-state index in [1.165, 1.54) is 28.6 Å². The Morgan fingerprint density at radius 1 is 1.17 bits per heavy atom. The number of hydrogen-bond acceptors (Lipinski definition) is 6. The second kappa shape index (κ2) is 7.62. The lowest BCUT2D eigenvalue weighted by molar-refractivity contribution is 0.0983. The molecule has 0 unspecified atom stereocenters. The van der Waals surface area contributed by atoms with Crippen LogP contribution in [0.25, 0.3) is 10.2 Å². The maximum atomic E-state index is 13.2. The molecule has 0 saturated heterocycles. The maximum Gasteiger partial charge on any atom is 0.260 e. The van der Waals surface area contributed by atoms with Crippen molar-refractivity contribution in [3.63, 3.8) is 0 Å². The van der Waals surface area contributed by atoms with Gasteiger partial charge in [0.25, 0.3) is 5.91 Å². The minimum absolute atomic E-state index is 0.188. The van der Waals surface area contributed by atoms with E-state index < -0.39 is 9.84 Å². The molecular formula is C20H15ClN2O4S2. The first-order valence-corrected chi connectivity index (χ1v) is 11.6. The van der Waals surface area contributed by atoms with Crippen molar-refractivity contribution in [2.45, 2.75) is 11.4 Å². The monoisotopic (exact) mass is 446 g/mol. The van der Waals surface area contributed by atoms with Crippen LogP contribution in [0, 0.1) is 0 Å². The van der Waals surface area contributed by atoms with Crippen molar-refractivity contribution in [3.05, 3.63) is 77.2 Å². The van der Waals surface area contributed by atoms with Crippen molar-refractivity contribution in [1.82, 2.24) is 4.98 Å². The summed E-state index contributed by atoms with van der Waals surface area (Å²) in [5.41, 5.74) is 1.07. The predicted molar refractivity (Wildman–Crippen MR) is 113 cm³/mol. The molecule has 0 fully saturated rings. The van der Waals surface area contributed by atoms with Crippen LogP contribution in [-0.2, 0) is 16.4 Å². The molecule has 9 heteroatoms. The third-order valence-electron chi connectivity index (χ3n) is 4.24. The van der Waals surface area contributed by atoms with Crippen LogP contribution in [0.4, 0.5) is 5.13 Å². The average Bonchev–Trinajstić information content (AvgIpc) is 3.34. The first-order valence-electron chi connectivity index (χ1n) is 8.52. The number of sulfone groups is 1. The van der Waals surface area contributed by atoms with Gasteiger partial charge in [-0.05, 0) is 54.6 Å². The van der Waals surface area contributed by atoms with E-state index in [1.54, 1.807) is 48.5 Å². The highest BCUT2D eigenvalue weighted by Gasteiger charge is 2.23. The van der Waals surface area contributed by atoms with Crippen molar-refractivity contribution in [2.24, 2.45) is 0 Å². The fraction of sp³-hybridized carbons (Fsp3) is 0.100. The lowest BCUT2D eigenvalue weighted by Gasteiger charge is -2.18. The number of anilines is 1. The molecule has 0 radical (unpaired) electrons. The summed E-state index contributed by atoms with van der Waals surface area (Å²) in [6.07, 6.45) is 2.69. The van der Waals surface area contributed by atoms with Crippen LogP contribution in [0.5, 0.6) is 0 Å². The summed E-state index contributed by atoms with van der Waals surface area (Å²) >= 11 is 7.18. The minimum atomic E-state index is -3.34. The number of fused-ring (bicyclic) bond motifs is 1. The normalized spacial score (nSPS) is 11.7. The number of nitrogens with zero attached hydrogens (tertiary/aromatic N) is 2. The van der Waals surface area contributed by atoms with E-state index >= 15 is 0 Å². The van der Waals surface area contributed by atoms with Gasteiger partial charge in [-0.15, -0.1) is 0 Å². The molecule has 0 N–H and O–H groups in total. The molecule has 6 nitrogen and oxygen atoms in total. The number of hydrogen-bond donors (Lipinski definition) is 0. The largest absolute Gasteiger partial charge is 0.467 e. The molecule has 0 spiro atoms. The van der Waals surface area contributed by atoms with Crippen molar-refractivity contribution in [2.75, 3.05) is 11.2 Å². The van der Waals surface area contributed by atoms with Crippen LogP contribution >= 0.6 is 22.9 Å². The highest BCUT2D eigenvalue weighted by Crippen LogP contribution is 2.32. The molecule has 4 aromatic rings. The molecular weight excluding hydrogens is 432 g/mol. The van der Waals surface area contributed by atoms with E-state index in [9.17, 15) is 13.2 Å². The van der Waals surface area contributed by atoms with E-state index in [2.05, 4.69) is 4.98 Å². The molecule has 2 aromatic carbocycles.